The summed E-state index contributed by atoms with van der Waals surface area (Å²) in [6.45, 7) is 4.01. The highest BCUT2D eigenvalue weighted by atomic mass is 79.9. The monoisotopic (exact) mass is 286 g/mol. The Balaban J connectivity index is 1.98. The molecule has 1 aliphatic carbocycles. The molecule has 16 heavy (non-hydrogen) atoms. The molecular formula is C12H19BrN2O. The van der Waals surface area contributed by atoms with Gasteiger partial charge in [0.2, 0.25) is 0 Å². The maximum absolute atomic E-state index is 5.83. The van der Waals surface area contributed by atoms with Crippen molar-refractivity contribution in [2.24, 2.45) is 17.6 Å². The SMILES string of the molecule is CC1CC1CN(C)C(CN)c1ccc(Br)o1. The van der Waals surface area contributed by atoms with Crippen LogP contribution >= 0.6 is 15.9 Å². The Bertz CT molecular complexity index is 353. The van der Waals surface area contributed by atoms with Crippen LogP contribution in [0.3, 0.4) is 0 Å². The number of rotatable bonds is 5. The van der Waals surface area contributed by atoms with E-state index in [0.29, 0.717) is 6.54 Å². The third-order valence-electron chi connectivity index (χ3n) is 3.48. The van der Waals surface area contributed by atoms with Gasteiger partial charge in [-0.05, 0) is 53.4 Å². The maximum Gasteiger partial charge on any atom is 0.169 e. The van der Waals surface area contributed by atoms with E-state index in [-0.39, 0.29) is 6.04 Å². The van der Waals surface area contributed by atoms with Gasteiger partial charge in [-0.1, -0.05) is 6.92 Å². The van der Waals surface area contributed by atoms with E-state index in [1.165, 1.54) is 6.42 Å². The van der Waals surface area contributed by atoms with Crippen molar-refractivity contribution >= 4 is 15.9 Å². The minimum absolute atomic E-state index is 0.194. The van der Waals surface area contributed by atoms with E-state index in [1.807, 2.05) is 12.1 Å². The fourth-order valence-electron chi connectivity index (χ4n) is 2.17. The average Bonchev–Trinajstić information content (AvgIpc) is 2.74. The van der Waals surface area contributed by atoms with Crippen molar-refractivity contribution in [3.63, 3.8) is 0 Å². The minimum Gasteiger partial charge on any atom is -0.453 e. The van der Waals surface area contributed by atoms with Gasteiger partial charge in [-0.25, -0.2) is 0 Å². The van der Waals surface area contributed by atoms with Gasteiger partial charge >= 0.3 is 0 Å². The van der Waals surface area contributed by atoms with E-state index in [0.717, 1.165) is 28.8 Å². The van der Waals surface area contributed by atoms with Crippen molar-refractivity contribution in [2.75, 3.05) is 20.1 Å². The number of nitrogens with two attached hydrogens (primary N) is 1. The summed E-state index contributed by atoms with van der Waals surface area (Å²) in [6.07, 6.45) is 1.35. The second kappa shape index (κ2) is 4.90. The molecule has 0 aliphatic heterocycles. The fourth-order valence-corrected chi connectivity index (χ4v) is 2.49. The van der Waals surface area contributed by atoms with E-state index >= 15 is 0 Å². The molecule has 2 N–H and O–H groups in total. The molecule has 0 radical (unpaired) electrons. The molecule has 3 atom stereocenters. The normalized spacial score (nSPS) is 26.1. The summed E-state index contributed by atoms with van der Waals surface area (Å²) in [5.41, 5.74) is 5.83. The first-order valence-corrected chi connectivity index (χ1v) is 6.56. The zero-order chi connectivity index (χ0) is 11.7. The molecular weight excluding hydrogens is 268 g/mol. The van der Waals surface area contributed by atoms with Crippen LogP contribution in [0.25, 0.3) is 0 Å². The maximum atomic E-state index is 5.83. The van der Waals surface area contributed by atoms with Crippen molar-refractivity contribution in [2.45, 2.75) is 19.4 Å². The zero-order valence-electron chi connectivity index (χ0n) is 9.82. The molecule has 0 bridgehead atoms. The smallest absolute Gasteiger partial charge is 0.169 e. The lowest BCUT2D eigenvalue weighted by molar-refractivity contribution is 0.208. The first-order valence-electron chi connectivity index (χ1n) is 5.77. The number of hydrogen-bond acceptors (Lipinski definition) is 3. The second-order valence-corrected chi connectivity index (χ2v) is 5.59. The van der Waals surface area contributed by atoms with Crippen molar-refractivity contribution < 1.29 is 4.42 Å². The van der Waals surface area contributed by atoms with Gasteiger partial charge in [0, 0.05) is 13.1 Å². The Morgan fingerprint density at radius 1 is 1.62 bits per heavy atom. The Kier molecular flexibility index (Phi) is 3.72. The molecule has 0 aromatic carbocycles. The zero-order valence-corrected chi connectivity index (χ0v) is 11.4. The number of likely N-dealkylation sites (N-methyl/N-ethyl adjacent to an activating group) is 1. The third kappa shape index (κ3) is 2.67. The molecule has 0 spiro atoms. The molecule has 1 saturated carbocycles. The molecule has 90 valence electrons. The largest absolute Gasteiger partial charge is 0.453 e. The van der Waals surface area contributed by atoms with Crippen molar-refractivity contribution in [3.8, 4) is 0 Å². The molecule has 3 nitrogen and oxygen atoms in total. The van der Waals surface area contributed by atoms with Gasteiger partial charge in [-0.2, -0.15) is 0 Å². The lowest BCUT2D eigenvalue weighted by Crippen LogP contribution is -2.32. The van der Waals surface area contributed by atoms with Crippen molar-refractivity contribution in [3.05, 3.63) is 22.6 Å². The third-order valence-corrected chi connectivity index (χ3v) is 3.90. The van der Waals surface area contributed by atoms with Crippen LogP contribution in [-0.2, 0) is 0 Å². The molecule has 4 heteroatoms. The van der Waals surface area contributed by atoms with Gasteiger partial charge in [0.05, 0.1) is 6.04 Å². The summed E-state index contributed by atoms with van der Waals surface area (Å²) < 4.78 is 6.35. The predicted octanol–water partition coefficient (Wildman–Crippen LogP) is 2.63. The highest BCUT2D eigenvalue weighted by Gasteiger charge is 2.34. The summed E-state index contributed by atoms with van der Waals surface area (Å²) in [7, 11) is 2.12. The van der Waals surface area contributed by atoms with Gasteiger partial charge in [-0.3, -0.25) is 4.90 Å². The van der Waals surface area contributed by atoms with E-state index in [2.05, 4.69) is 34.8 Å². The van der Waals surface area contributed by atoms with E-state index in [4.69, 9.17) is 10.2 Å². The van der Waals surface area contributed by atoms with Crippen LogP contribution in [0.1, 0.15) is 25.1 Å². The molecule has 1 aromatic heterocycles. The van der Waals surface area contributed by atoms with E-state index in [1.54, 1.807) is 0 Å². The Morgan fingerprint density at radius 3 is 2.75 bits per heavy atom. The molecule has 1 aliphatic rings. The van der Waals surface area contributed by atoms with E-state index in [9.17, 15) is 0 Å². The van der Waals surface area contributed by atoms with Crippen LogP contribution in [0, 0.1) is 11.8 Å². The Hall–Kier alpha value is -0.320. The fraction of sp³-hybridized carbons (Fsp3) is 0.667. The predicted molar refractivity (Wildman–Crippen MR) is 68.1 cm³/mol. The summed E-state index contributed by atoms with van der Waals surface area (Å²) in [5, 5.41) is 0. The van der Waals surface area contributed by atoms with Crippen LogP contribution < -0.4 is 5.73 Å². The van der Waals surface area contributed by atoms with Crippen LogP contribution in [0.2, 0.25) is 0 Å². The van der Waals surface area contributed by atoms with Gasteiger partial charge in [-0.15, -0.1) is 0 Å². The van der Waals surface area contributed by atoms with Gasteiger partial charge in [0.1, 0.15) is 5.76 Å². The number of furan rings is 1. The van der Waals surface area contributed by atoms with Crippen LogP contribution in [0.5, 0.6) is 0 Å². The van der Waals surface area contributed by atoms with Crippen LogP contribution in [0.4, 0.5) is 0 Å². The van der Waals surface area contributed by atoms with Gasteiger partial charge in [0.25, 0.3) is 0 Å². The molecule has 2 rings (SSSR count). The van der Waals surface area contributed by atoms with Gasteiger partial charge < -0.3 is 10.2 Å². The lowest BCUT2D eigenvalue weighted by Gasteiger charge is -2.25. The van der Waals surface area contributed by atoms with Crippen molar-refractivity contribution in [1.82, 2.24) is 4.90 Å². The van der Waals surface area contributed by atoms with Crippen LogP contribution in [0.15, 0.2) is 21.2 Å². The topological polar surface area (TPSA) is 42.4 Å². The number of nitrogens with zero attached hydrogens (tertiary/aromatic N) is 1. The van der Waals surface area contributed by atoms with Crippen molar-refractivity contribution in [1.29, 1.82) is 0 Å². The lowest BCUT2D eigenvalue weighted by atomic mass is 10.2. The van der Waals surface area contributed by atoms with E-state index < -0.39 is 0 Å². The summed E-state index contributed by atoms with van der Waals surface area (Å²) in [5.74, 6) is 2.67. The summed E-state index contributed by atoms with van der Waals surface area (Å²) in [4.78, 5) is 2.31. The molecule has 0 amide bonds. The summed E-state index contributed by atoms with van der Waals surface area (Å²) >= 11 is 3.33. The highest BCUT2D eigenvalue weighted by molar-refractivity contribution is 9.10. The minimum atomic E-state index is 0.194. The first-order chi connectivity index (χ1) is 7.61. The first kappa shape index (κ1) is 12.1. The average molecular weight is 287 g/mol. The van der Waals surface area contributed by atoms with Gasteiger partial charge in [0.15, 0.2) is 4.67 Å². The second-order valence-electron chi connectivity index (χ2n) is 4.81. The summed E-state index contributed by atoms with van der Waals surface area (Å²) in [6, 6.07) is 4.11. The quantitative estimate of drug-likeness (QED) is 0.905. The highest BCUT2D eigenvalue weighted by Crippen LogP contribution is 2.39. The molecule has 1 fully saturated rings. The Labute approximate surface area is 105 Å². The molecule has 1 aromatic rings. The molecule has 0 saturated heterocycles. The van der Waals surface area contributed by atoms with Crippen LogP contribution in [-0.4, -0.2) is 25.0 Å². The number of hydrogen-bond donors (Lipinski definition) is 1. The number of halogens is 1. The molecule has 3 unspecified atom stereocenters. The Morgan fingerprint density at radius 2 is 2.31 bits per heavy atom. The standard InChI is InChI=1S/C12H19BrN2O/c1-8-5-9(8)7-15(2)10(6-14)11-3-4-12(13)16-11/h3-4,8-10H,5-7,14H2,1-2H3. The molecule has 1 heterocycles.